The molecule has 0 amide bonds. The maximum Gasteiger partial charge on any atom is 0.150 e. The van der Waals surface area contributed by atoms with Gasteiger partial charge in [0.2, 0.25) is 0 Å². The van der Waals surface area contributed by atoms with Gasteiger partial charge in [0, 0.05) is 54.3 Å². The molecule has 1 aliphatic rings. The molecule has 1 saturated heterocycles. The van der Waals surface area contributed by atoms with Gasteiger partial charge in [0.05, 0.1) is 5.39 Å². The zero-order valence-electron chi connectivity index (χ0n) is 19.0. The molecule has 6 rings (SSSR count). The third-order valence-electron chi connectivity index (χ3n) is 6.51. The molecule has 1 fully saturated rings. The lowest BCUT2D eigenvalue weighted by atomic mass is 10.1. The number of anilines is 2. The van der Waals surface area contributed by atoms with E-state index in [1.165, 1.54) is 12.1 Å². The molecular formula is C28H23ClFN5. The number of piperazine rings is 1. The minimum atomic E-state index is -0.214. The fourth-order valence-corrected chi connectivity index (χ4v) is 4.96. The second-order valence-corrected chi connectivity index (χ2v) is 9.04. The van der Waals surface area contributed by atoms with Crippen molar-refractivity contribution >= 4 is 34.1 Å². The van der Waals surface area contributed by atoms with Crippen molar-refractivity contribution in [2.24, 2.45) is 0 Å². The number of halogens is 2. The van der Waals surface area contributed by atoms with E-state index in [0.717, 1.165) is 65.5 Å². The minimum absolute atomic E-state index is 0.214. The highest BCUT2D eigenvalue weighted by atomic mass is 35.5. The van der Waals surface area contributed by atoms with Crippen molar-refractivity contribution in [3.8, 4) is 16.8 Å². The van der Waals surface area contributed by atoms with Crippen LogP contribution in [0.15, 0.2) is 91.4 Å². The Balaban J connectivity index is 1.42. The highest BCUT2D eigenvalue weighted by Gasteiger charge is 2.24. The summed E-state index contributed by atoms with van der Waals surface area (Å²) in [6.45, 7) is 3.26. The number of nitrogens with zero attached hydrogens (tertiary/aromatic N) is 5. The Morgan fingerprint density at radius 1 is 0.743 bits per heavy atom. The quantitative estimate of drug-likeness (QED) is 0.304. The van der Waals surface area contributed by atoms with Crippen LogP contribution in [0.3, 0.4) is 0 Å². The van der Waals surface area contributed by atoms with Crippen LogP contribution in [0.25, 0.3) is 27.8 Å². The molecule has 5 aromatic rings. The second-order valence-electron chi connectivity index (χ2n) is 8.61. The average molecular weight is 484 g/mol. The lowest BCUT2D eigenvalue weighted by molar-refractivity contribution is 0.624. The summed E-state index contributed by atoms with van der Waals surface area (Å²) in [5.41, 5.74) is 5.03. The number of aromatic nitrogens is 3. The topological polar surface area (TPSA) is 37.2 Å². The molecule has 35 heavy (non-hydrogen) atoms. The van der Waals surface area contributed by atoms with Gasteiger partial charge in [0.15, 0.2) is 5.65 Å². The molecular weight excluding hydrogens is 461 g/mol. The van der Waals surface area contributed by atoms with Crippen LogP contribution in [0.1, 0.15) is 0 Å². The molecule has 3 heterocycles. The summed E-state index contributed by atoms with van der Waals surface area (Å²) in [5, 5.41) is 1.70. The van der Waals surface area contributed by atoms with Crippen molar-refractivity contribution < 1.29 is 4.39 Å². The largest absolute Gasteiger partial charge is 0.368 e. The Hall–Kier alpha value is -3.90. The molecule has 174 valence electrons. The van der Waals surface area contributed by atoms with Gasteiger partial charge < -0.3 is 14.4 Å². The Bertz CT molecular complexity index is 1480. The van der Waals surface area contributed by atoms with E-state index >= 15 is 0 Å². The lowest BCUT2D eigenvalue weighted by Gasteiger charge is -2.37. The molecule has 0 saturated carbocycles. The van der Waals surface area contributed by atoms with Crippen molar-refractivity contribution in [1.82, 2.24) is 14.5 Å². The van der Waals surface area contributed by atoms with Crippen LogP contribution in [0.5, 0.6) is 0 Å². The van der Waals surface area contributed by atoms with Crippen LogP contribution in [0, 0.1) is 5.82 Å². The fourth-order valence-electron chi connectivity index (χ4n) is 4.77. The SMILES string of the molecule is Fc1ccc(N2CCN(c3ncnc4c3c(-c3ccccc3)cn4-c3cccc(Cl)c3)CC2)cc1. The monoisotopic (exact) mass is 483 g/mol. The van der Waals surface area contributed by atoms with Gasteiger partial charge in [0.25, 0.3) is 0 Å². The van der Waals surface area contributed by atoms with Crippen molar-refractivity contribution in [3.63, 3.8) is 0 Å². The number of fused-ring (bicyclic) bond motifs is 1. The minimum Gasteiger partial charge on any atom is -0.368 e. The van der Waals surface area contributed by atoms with E-state index in [1.807, 2.05) is 54.6 Å². The summed E-state index contributed by atoms with van der Waals surface area (Å²) in [6.07, 6.45) is 3.76. The molecule has 3 aromatic carbocycles. The number of hydrogen-bond acceptors (Lipinski definition) is 4. The van der Waals surface area contributed by atoms with Gasteiger partial charge in [-0.15, -0.1) is 0 Å². The predicted octanol–water partition coefficient (Wildman–Crippen LogP) is 6.21. The first kappa shape index (κ1) is 21.6. The Morgan fingerprint density at radius 3 is 2.23 bits per heavy atom. The predicted molar refractivity (Wildman–Crippen MR) is 140 cm³/mol. The highest BCUT2D eigenvalue weighted by Crippen LogP contribution is 2.37. The van der Waals surface area contributed by atoms with Gasteiger partial charge in [0.1, 0.15) is 18.0 Å². The smallest absolute Gasteiger partial charge is 0.150 e. The Morgan fingerprint density at radius 2 is 1.49 bits per heavy atom. The summed E-state index contributed by atoms with van der Waals surface area (Å²) < 4.78 is 15.4. The molecule has 7 heteroatoms. The molecule has 0 aliphatic carbocycles. The van der Waals surface area contributed by atoms with E-state index in [9.17, 15) is 4.39 Å². The first-order valence-electron chi connectivity index (χ1n) is 11.6. The van der Waals surface area contributed by atoms with E-state index in [4.69, 9.17) is 21.6 Å². The van der Waals surface area contributed by atoms with Gasteiger partial charge in [-0.3, -0.25) is 0 Å². The molecule has 0 atom stereocenters. The van der Waals surface area contributed by atoms with Crippen LogP contribution < -0.4 is 9.80 Å². The maximum absolute atomic E-state index is 13.4. The highest BCUT2D eigenvalue weighted by molar-refractivity contribution is 6.30. The number of benzene rings is 3. The standard InChI is InChI=1S/C28H23ClFN5/c29-21-7-4-8-24(17-21)35-18-25(20-5-2-1-3-6-20)26-27(31-19-32-28(26)35)34-15-13-33(14-16-34)23-11-9-22(30)10-12-23/h1-12,17-19H,13-16H2. The first-order valence-corrected chi connectivity index (χ1v) is 12.0. The molecule has 2 aromatic heterocycles. The van der Waals surface area contributed by atoms with Crippen LogP contribution in [0.2, 0.25) is 5.02 Å². The van der Waals surface area contributed by atoms with E-state index < -0.39 is 0 Å². The summed E-state index contributed by atoms with van der Waals surface area (Å²) in [5.74, 6) is 0.710. The van der Waals surface area contributed by atoms with E-state index in [2.05, 4.69) is 32.7 Å². The molecule has 0 bridgehead atoms. The van der Waals surface area contributed by atoms with Gasteiger partial charge in [-0.05, 0) is 48.0 Å². The summed E-state index contributed by atoms with van der Waals surface area (Å²) >= 11 is 6.32. The number of hydrogen-bond donors (Lipinski definition) is 0. The molecule has 5 nitrogen and oxygen atoms in total. The van der Waals surface area contributed by atoms with Crippen molar-refractivity contribution in [2.45, 2.75) is 0 Å². The third-order valence-corrected chi connectivity index (χ3v) is 6.74. The zero-order chi connectivity index (χ0) is 23.8. The third kappa shape index (κ3) is 4.10. The summed E-state index contributed by atoms with van der Waals surface area (Å²) in [7, 11) is 0. The lowest BCUT2D eigenvalue weighted by Crippen LogP contribution is -2.46. The molecule has 1 aliphatic heterocycles. The van der Waals surface area contributed by atoms with E-state index in [-0.39, 0.29) is 5.82 Å². The van der Waals surface area contributed by atoms with Gasteiger partial charge in [-0.25, -0.2) is 14.4 Å². The van der Waals surface area contributed by atoms with E-state index in [0.29, 0.717) is 5.02 Å². The molecule has 0 radical (unpaired) electrons. The summed E-state index contributed by atoms with van der Waals surface area (Å²) in [4.78, 5) is 14.1. The first-order chi connectivity index (χ1) is 17.2. The average Bonchev–Trinajstić information content (AvgIpc) is 3.30. The van der Waals surface area contributed by atoms with Crippen LogP contribution in [0.4, 0.5) is 15.9 Å². The van der Waals surface area contributed by atoms with Crippen LogP contribution >= 0.6 is 11.6 Å². The normalized spacial score (nSPS) is 14.0. The van der Waals surface area contributed by atoms with Crippen molar-refractivity contribution in [3.05, 3.63) is 102 Å². The van der Waals surface area contributed by atoms with Gasteiger partial charge in [-0.2, -0.15) is 0 Å². The van der Waals surface area contributed by atoms with Gasteiger partial charge >= 0.3 is 0 Å². The fraction of sp³-hybridized carbons (Fsp3) is 0.143. The van der Waals surface area contributed by atoms with Crippen LogP contribution in [-0.2, 0) is 0 Å². The second kappa shape index (κ2) is 9.04. The molecule has 0 N–H and O–H groups in total. The zero-order valence-corrected chi connectivity index (χ0v) is 19.7. The number of rotatable bonds is 4. The Labute approximate surface area is 208 Å². The van der Waals surface area contributed by atoms with Crippen molar-refractivity contribution in [1.29, 1.82) is 0 Å². The maximum atomic E-state index is 13.4. The summed E-state index contributed by atoms with van der Waals surface area (Å²) in [6, 6.07) is 24.8. The van der Waals surface area contributed by atoms with Gasteiger partial charge in [-0.1, -0.05) is 48.0 Å². The molecule has 0 spiro atoms. The van der Waals surface area contributed by atoms with Crippen LogP contribution in [-0.4, -0.2) is 40.7 Å². The van der Waals surface area contributed by atoms with E-state index in [1.54, 1.807) is 6.33 Å². The van der Waals surface area contributed by atoms with Crippen molar-refractivity contribution in [2.75, 3.05) is 36.0 Å². The molecule has 0 unspecified atom stereocenters. The Kier molecular flexibility index (Phi) is 5.58.